The average Bonchev–Trinajstić information content (AvgIpc) is 1.90. The first-order valence-corrected chi connectivity index (χ1v) is 3.38. The van der Waals surface area contributed by atoms with E-state index >= 15 is 0 Å². The molecule has 0 aliphatic rings. The second-order valence-electron chi connectivity index (χ2n) is 1.89. The fourth-order valence-corrected chi connectivity index (χ4v) is 0.845. The Bertz CT molecular complexity index is 201. The summed E-state index contributed by atoms with van der Waals surface area (Å²) in [6.07, 6.45) is 0. The third-order valence-corrected chi connectivity index (χ3v) is 1.48. The number of benzene rings is 1. The van der Waals surface area contributed by atoms with E-state index in [9.17, 15) is 0 Å². The zero-order valence-electron chi connectivity index (χ0n) is 5.17. The summed E-state index contributed by atoms with van der Waals surface area (Å²) in [7, 11) is 2.58. The van der Waals surface area contributed by atoms with E-state index in [4.69, 9.17) is 0 Å². The van der Waals surface area contributed by atoms with Crippen LogP contribution >= 0.6 is 9.24 Å². The first-order valence-electron chi connectivity index (χ1n) is 2.80. The lowest BCUT2D eigenvalue weighted by atomic mass is 10.2. The van der Waals surface area contributed by atoms with Gasteiger partial charge in [0.1, 0.15) is 0 Å². The van der Waals surface area contributed by atoms with Gasteiger partial charge in [0.25, 0.3) is 0 Å². The molecule has 0 aliphatic carbocycles. The van der Waals surface area contributed by atoms with Crippen LogP contribution in [0.3, 0.4) is 0 Å². The maximum absolute atomic E-state index is 3.79. The highest BCUT2D eigenvalue weighted by Gasteiger charge is 1.86. The third-order valence-electron chi connectivity index (χ3n) is 1.14. The summed E-state index contributed by atoms with van der Waals surface area (Å²) in [4.78, 5) is 0. The molecular weight excluding hydrogens is 127 g/mol. The predicted molar refractivity (Wildman–Crippen MR) is 45.2 cm³/mol. The molecule has 1 rings (SSSR count). The summed E-state index contributed by atoms with van der Waals surface area (Å²) in [5, 5.41) is 1.04. The molecule has 0 saturated heterocycles. The Morgan fingerprint density at radius 2 is 1.78 bits per heavy atom. The topological polar surface area (TPSA) is 0 Å². The van der Waals surface area contributed by atoms with E-state index in [0.717, 1.165) is 5.31 Å². The van der Waals surface area contributed by atoms with Crippen LogP contribution in [-0.4, -0.2) is 0 Å². The van der Waals surface area contributed by atoms with Gasteiger partial charge in [-0.15, -0.1) is 9.24 Å². The molecule has 0 fully saturated rings. The SMILES string of the molecule is C=C(P)c1ccccc1. The Morgan fingerprint density at radius 3 is 2.11 bits per heavy atom. The highest BCUT2D eigenvalue weighted by molar-refractivity contribution is 7.31. The molecule has 0 amide bonds. The average molecular weight is 136 g/mol. The first kappa shape index (κ1) is 6.51. The Hall–Kier alpha value is -0.610. The van der Waals surface area contributed by atoms with Crippen molar-refractivity contribution < 1.29 is 0 Å². The van der Waals surface area contributed by atoms with Gasteiger partial charge in [0.05, 0.1) is 0 Å². The van der Waals surface area contributed by atoms with Gasteiger partial charge in [-0.1, -0.05) is 36.9 Å². The van der Waals surface area contributed by atoms with Crippen LogP contribution in [0.15, 0.2) is 36.9 Å². The van der Waals surface area contributed by atoms with E-state index in [-0.39, 0.29) is 0 Å². The summed E-state index contributed by atoms with van der Waals surface area (Å²) >= 11 is 0. The molecule has 9 heavy (non-hydrogen) atoms. The molecule has 1 aromatic carbocycles. The van der Waals surface area contributed by atoms with E-state index in [1.165, 1.54) is 5.56 Å². The molecule has 0 aliphatic heterocycles. The fraction of sp³-hybridized carbons (Fsp3) is 0. The number of rotatable bonds is 1. The maximum atomic E-state index is 3.79. The van der Waals surface area contributed by atoms with Gasteiger partial charge in [0, 0.05) is 0 Å². The highest BCUT2D eigenvalue weighted by atomic mass is 31.0. The van der Waals surface area contributed by atoms with E-state index in [2.05, 4.69) is 15.8 Å². The zero-order chi connectivity index (χ0) is 6.69. The molecule has 0 aromatic heterocycles. The maximum Gasteiger partial charge on any atom is -0.0191 e. The van der Waals surface area contributed by atoms with E-state index in [1.54, 1.807) is 0 Å². The Kier molecular flexibility index (Phi) is 2.02. The van der Waals surface area contributed by atoms with Crippen molar-refractivity contribution in [2.45, 2.75) is 0 Å². The van der Waals surface area contributed by atoms with Crippen molar-refractivity contribution in [3.63, 3.8) is 0 Å². The molecule has 46 valence electrons. The van der Waals surface area contributed by atoms with Gasteiger partial charge in [0.15, 0.2) is 0 Å². The standard InChI is InChI=1S/C8H9P/c1-7(9)8-5-3-2-4-6-8/h2-6H,1,9H2. The van der Waals surface area contributed by atoms with E-state index in [0.29, 0.717) is 0 Å². The van der Waals surface area contributed by atoms with Crippen molar-refractivity contribution in [3.8, 4) is 0 Å². The molecule has 0 radical (unpaired) electrons. The molecule has 0 N–H and O–H groups in total. The molecule has 1 atom stereocenters. The van der Waals surface area contributed by atoms with Crippen LogP contribution in [-0.2, 0) is 0 Å². The smallest absolute Gasteiger partial charge is 0.0191 e. The van der Waals surface area contributed by atoms with Gasteiger partial charge >= 0.3 is 0 Å². The molecule has 0 spiro atoms. The van der Waals surface area contributed by atoms with Crippen molar-refractivity contribution in [2.75, 3.05) is 0 Å². The van der Waals surface area contributed by atoms with Gasteiger partial charge in [0.2, 0.25) is 0 Å². The Morgan fingerprint density at radius 1 is 1.22 bits per heavy atom. The monoisotopic (exact) mass is 136 g/mol. The second-order valence-corrected chi connectivity index (χ2v) is 2.59. The lowest BCUT2D eigenvalue weighted by Gasteiger charge is -1.94. The van der Waals surface area contributed by atoms with Crippen molar-refractivity contribution in [1.29, 1.82) is 0 Å². The quantitative estimate of drug-likeness (QED) is 0.520. The van der Waals surface area contributed by atoms with Crippen LogP contribution in [0.4, 0.5) is 0 Å². The molecule has 0 bridgehead atoms. The van der Waals surface area contributed by atoms with Crippen molar-refractivity contribution in [3.05, 3.63) is 42.5 Å². The summed E-state index contributed by atoms with van der Waals surface area (Å²) in [5.74, 6) is 0. The molecule has 1 heteroatoms. The van der Waals surface area contributed by atoms with Crippen LogP contribution in [0.25, 0.3) is 5.31 Å². The lowest BCUT2D eigenvalue weighted by molar-refractivity contribution is 1.66. The number of hydrogen-bond acceptors (Lipinski definition) is 0. The van der Waals surface area contributed by atoms with Gasteiger partial charge in [-0.3, -0.25) is 0 Å². The Labute approximate surface area is 57.8 Å². The van der Waals surface area contributed by atoms with Crippen LogP contribution in [0.1, 0.15) is 5.56 Å². The minimum atomic E-state index is 1.04. The molecular formula is C8H9P. The Balaban J connectivity index is 2.98. The van der Waals surface area contributed by atoms with E-state index in [1.807, 2.05) is 30.3 Å². The van der Waals surface area contributed by atoms with Crippen LogP contribution in [0.5, 0.6) is 0 Å². The van der Waals surface area contributed by atoms with Gasteiger partial charge < -0.3 is 0 Å². The largest absolute Gasteiger partial charge is 0.106 e. The summed E-state index contributed by atoms with van der Waals surface area (Å²) in [6.45, 7) is 3.79. The minimum absolute atomic E-state index is 1.04. The predicted octanol–water partition coefficient (Wildman–Crippen LogP) is 2.53. The molecule has 1 aromatic rings. The molecule has 0 saturated carbocycles. The summed E-state index contributed by atoms with van der Waals surface area (Å²) in [5.41, 5.74) is 1.18. The van der Waals surface area contributed by atoms with Gasteiger partial charge in [-0.25, -0.2) is 0 Å². The second kappa shape index (κ2) is 2.80. The zero-order valence-corrected chi connectivity index (χ0v) is 6.33. The molecule has 1 unspecified atom stereocenters. The van der Waals surface area contributed by atoms with Crippen molar-refractivity contribution in [2.24, 2.45) is 0 Å². The first-order chi connectivity index (χ1) is 4.30. The molecule has 0 heterocycles. The number of hydrogen-bond donors (Lipinski definition) is 0. The molecule has 0 nitrogen and oxygen atoms in total. The third kappa shape index (κ3) is 1.65. The normalized spacial score (nSPS) is 9.00. The summed E-state index contributed by atoms with van der Waals surface area (Å²) in [6, 6.07) is 10.1. The van der Waals surface area contributed by atoms with Crippen LogP contribution in [0, 0.1) is 0 Å². The van der Waals surface area contributed by atoms with Gasteiger partial charge in [-0.05, 0) is 10.9 Å². The highest BCUT2D eigenvalue weighted by Crippen LogP contribution is 2.17. The minimum Gasteiger partial charge on any atom is -0.106 e. The van der Waals surface area contributed by atoms with Crippen LogP contribution < -0.4 is 0 Å². The van der Waals surface area contributed by atoms with E-state index < -0.39 is 0 Å². The van der Waals surface area contributed by atoms with Crippen molar-refractivity contribution in [1.82, 2.24) is 0 Å². The van der Waals surface area contributed by atoms with Crippen molar-refractivity contribution >= 4 is 14.6 Å². The fourth-order valence-electron chi connectivity index (χ4n) is 0.652. The van der Waals surface area contributed by atoms with Gasteiger partial charge in [-0.2, -0.15) is 0 Å². The lowest BCUT2D eigenvalue weighted by Crippen LogP contribution is -1.69. The summed E-state index contributed by atoms with van der Waals surface area (Å²) < 4.78 is 0. The van der Waals surface area contributed by atoms with Crippen LogP contribution in [0.2, 0.25) is 0 Å².